The van der Waals surface area contributed by atoms with Crippen molar-refractivity contribution in [2.45, 2.75) is 6.61 Å². The quantitative estimate of drug-likeness (QED) is 0.269. The van der Waals surface area contributed by atoms with Crippen molar-refractivity contribution in [2.24, 2.45) is 4.99 Å². The molecule has 3 aromatic carbocycles. The standard InChI is InChI=1S/C27H24ClFN4O4/c1-32(2)13-24(34)33(3)22-9-7-18(12-20(22)29)30-26(15-4-5-16-14-36-37-23(16)10-15)25-19-8-6-17(28)11-21(19)31-27(25)35/h4-12,31,35H,13-14H2,1-3H3. The van der Waals surface area contributed by atoms with Gasteiger partial charge in [-0.15, -0.1) is 0 Å². The van der Waals surface area contributed by atoms with Gasteiger partial charge in [0.15, 0.2) is 11.6 Å². The number of likely N-dealkylation sites (N-methyl/N-ethyl adjacent to an activating group) is 2. The van der Waals surface area contributed by atoms with Crippen LogP contribution in [0, 0.1) is 5.82 Å². The zero-order chi connectivity index (χ0) is 26.3. The maximum atomic E-state index is 15.2. The number of aliphatic imine (C=N–C) groups is 1. The third-order valence-corrected chi connectivity index (χ3v) is 6.28. The van der Waals surface area contributed by atoms with E-state index in [2.05, 4.69) is 4.98 Å². The van der Waals surface area contributed by atoms with Gasteiger partial charge in [-0.05, 0) is 44.4 Å². The molecule has 1 amide bonds. The molecular weight excluding hydrogens is 499 g/mol. The predicted octanol–water partition coefficient (Wildman–Crippen LogP) is 5.18. The number of carbonyl (C=O) groups excluding carboxylic acids is 1. The molecule has 0 unspecified atom stereocenters. The minimum absolute atomic E-state index is 0.111. The largest absolute Gasteiger partial charge is 0.494 e. The predicted molar refractivity (Wildman–Crippen MR) is 140 cm³/mol. The Morgan fingerprint density at radius 1 is 1.14 bits per heavy atom. The molecule has 10 heteroatoms. The number of hydrogen-bond donors (Lipinski definition) is 2. The van der Waals surface area contributed by atoms with Gasteiger partial charge in [0, 0.05) is 34.6 Å². The fourth-order valence-electron chi connectivity index (χ4n) is 4.19. The fraction of sp³-hybridized carbons (Fsp3) is 0.185. The van der Waals surface area contributed by atoms with E-state index in [0.717, 1.165) is 5.56 Å². The van der Waals surface area contributed by atoms with E-state index in [1.54, 1.807) is 49.3 Å². The van der Waals surface area contributed by atoms with E-state index in [0.29, 0.717) is 50.8 Å². The molecule has 8 nitrogen and oxygen atoms in total. The average molecular weight is 523 g/mol. The number of halogens is 2. The van der Waals surface area contributed by atoms with Crippen molar-refractivity contribution in [1.29, 1.82) is 0 Å². The van der Waals surface area contributed by atoms with Gasteiger partial charge in [-0.3, -0.25) is 4.79 Å². The van der Waals surface area contributed by atoms with E-state index in [4.69, 9.17) is 26.4 Å². The van der Waals surface area contributed by atoms with Gasteiger partial charge < -0.3 is 24.8 Å². The van der Waals surface area contributed by atoms with Crippen LogP contribution in [-0.2, 0) is 16.3 Å². The Balaban J connectivity index is 1.62. The Bertz CT molecular complexity index is 1550. The highest BCUT2D eigenvalue weighted by Gasteiger charge is 2.23. The number of fused-ring (bicyclic) bond motifs is 2. The lowest BCUT2D eigenvalue weighted by atomic mass is 9.99. The van der Waals surface area contributed by atoms with Crippen molar-refractivity contribution < 1.29 is 24.1 Å². The molecular formula is C27H24ClFN4O4. The van der Waals surface area contributed by atoms with Crippen molar-refractivity contribution in [2.75, 3.05) is 32.6 Å². The smallest absolute Gasteiger partial charge is 0.240 e. The van der Waals surface area contributed by atoms with Gasteiger partial charge in [-0.2, -0.15) is 4.89 Å². The summed E-state index contributed by atoms with van der Waals surface area (Å²) in [5.41, 5.74) is 3.36. The molecule has 5 rings (SSSR count). The first-order chi connectivity index (χ1) is 17.7. The van der Waals surface area contributed by atoms with Crippen LogP contribution in [0.2, 0.25) is 5.02 Å². The molecule has 1 aromatic heterocycles. The van der Waals surface area contributed by atoms with Crippen molar-refractivity contribution >= 4 is 45.5 Å². The number of H-pyrrole nitrogens is 1. The molecule has 4 aromatic rings. The van der Waals surface area contributed by atoms with E-state index < -0.39 is 5.82 Å². The van der Waals surface area contributed by atoms with Crippen LogP contribution in [0.5, 0.6) is 11.6 Å². The molecule has 0 fully saturated rings. The number of rotatable bonds is 6. The highest BCUT2D eigenvalue weighted by Crippen LogP contribution is 2.35. The first-order valence-corrected chi connectivity index (χ1v) is 11.8. The second-order valence-corrected chi connectivity index (χ2v) is 9.43. The highest BCUT2D eigenvalue weighted by molar-refractivity contribution is 6.31. The van der Waals surface area contributed by atoms with Gasteiger partial charge in [0.2, 0.25) is 5.91 Å². The minimum atomic E-state index is -0.601. The zero-order valence-electron chi connectivity index (χ0n) is 20.4. The molecule has 0 radical (unpaired) electrons. The number of aromatic amines is 1. The van der Waals surface area contributed by atoms with Gasteiger partial charge in [0.25, 0.3) is 0 Å². The number of amides is 1. The van der Waals surface area contributed by atoms with Gasteiger partial charge in [-0.25, -0.2) is 9.38 Å². The van der Waals surface area contributed by atoms with E-state index in [-0.39, 0.29) is 24.0 Å². The van der Waals surface area contributed by atoms with Gasteiger partial charge in [0.05, 0.1) is 34.7 Å². The molecule has 0 atom stereocenters. The summed E-state index contributed by atoms with van der Waals surface area (Å²) >= 11 is 6.14. The molecule has 1 aliphatic heterocycles. The molecule has 0 aliphatic carbocycles. The molecule has 2 N–H and O–H groups in total. The average Bonchev–Trinajstić information content (AvgIpc) is 3.44. The van der Waals surface area contributed by atoms with Gasteiger partial charge in [-0.1, -0.05) is 29.8 Å². The minimum Gasteiger partial charge on any atom is -0.494 e. The van der Waals surface area contributed by atoms with E-state index >= 15 is 4.39 Å². The van der Waals surface area contributed by atoms with Crippen LogP contribution in [0.1, 0.15) is 16.7 Å². The third-order valence-electron chi connectivity index (χ3n) is 6.04. The summed E-state index contributed by atoms with van der Waals surface area (Å²) in [7, 11) is 5.07. The van der Waals surface area contributed by atoms with E-state index in [1.165, 1.54) is 24.1 Å². The lowest BCUT2D eigenvalue weighted by molar-refractivity contribution is -0.194. The first kappa shape index (κ1) is 24.8. The SMILES string of the molecule is CN(C)CC(=O)N(C)c1ccc(N=C(c2ccc3c(c2)OOC3)c2c(O)[nH]c3cc(Cl)ccc23)cc1F. The molecule has 0 bridgehead atoms. The number of aromatic hydroxyl groups is 1. The molecule has 0 spiro atoms. The maximum Gasteiger partial charge on any atom is 0.240 e. The number of anilines is 1. The van der Waals surface area contributed by atoms with Gasteiger partial charge in [0.1, 0.15) is 12.4 Å². The Morgan fingerprint density at radius 3 is 2.70 bits per heavy atom. The van der Waals surface area contributed by atoms with Crippen LogP contribution in [0.3, 0.4) is 0 Å². The first-order valence-electron chi connectivity index (χ1n) is 11.4. The fourth-order valence-corrected chi connectivity index (χ4v) is 4.36. The van der Waals surface area contributed by atoms with Crippen LogP contribution in [-0.4, -0.2) is 54.3 Å². The van der Waals surface area contributed by atoms with Crippen molar-refractivity contribution in [3.05, 3.63) is 82.1 Å². The number of aromatic nitrogens is 1. The summed E-state index contributed by atoms with van der Waals surface area (Å²) in [5, 5.41) is 12.1. The summed E-state index contributed by atoms with van der Waals surface area (Å²) in [5.74, 6) is -0.422. The zero-order valence-corrected chi connectivity index (χ0v) is 21.1. The normalized spacial score (nSPS) is 13.2. The number of nitrogens with one attached hydrogen (secondary N) is 1. The number of hydrogen-bond acceptors (Lipinski definition) is 6. The third kappa shape index (κ3) is 4.89. The van der Waals surface area contributed by atoms with E-state index in [1.807, 2.05) is 12.1 Å². The lowest BCUT2D eigenvalue weighted by Gasteiger charge is -2.20. The molecule has 2 heterocycles. The van der Waals surface area contributed by atoms with Crippen molar-refractivity contribution in [3.63, 3.8) is 0 Å². The van der Waals surface area contributed by atoms with Crippen LogP contribution < -0.4 is 9.79 Å². The number of nitrogens with zero attached hydrogens (tertiary/aromatic N) is 3. The Labute approximate surface area is 217 Å². The van der Waals surface area contributed by atoms with Crippen LogP contribution in [0.4, 0.5) is 15.8 Å². The highest BCUT2D eigenvalue weighted by atomic mass is 35.5. The molecule has 37 heavy (non-hydrogen) atoms. The summed E-state index contributed by atoms with van der Waals surface area (Å²) < 4.78 is 15.2. The second kappa shape index (κ2) is 9.85. The Kier molecular flexibility index (Phi) is 6.59. The van der Waals surface area contributed by atoms with Crippen LogP contribution in [0.15, 0.2) is 59.6 Å². The molecule has 0 saturated carbocycles. The molecule has 1 aliphatic rings. The Morgan fingerprint density at radius 2 is 1.95 bits per heavy atom. The topological polar surface area (TPSA) is 90.4 Å². The lowest BCUT2D eigenvalue weighted by Crippen LogP contribution is -2.35. The summed E-state index contributed by atoms with van der Waals surface area (Å²) in [6.07, 6.45) is 0. The number of carbonyl (C=O) groups is 1. The summed E-state index contributed by atoms with van der Waals surface area (Å²) in [6, 6.07) is 15.0. The van der Waals surface area contributed by atoms with E-state index in [9.17, 15) is 9.90 Å². The molecule has 0 saturated heterocycles. The van der Waals surface area contributed by atoms with Crippen LogP contribution >= 0.6 is 11.6 Å². The van der Waals surface area contributed by atoms with Crippen LogP contribution in [0.25, 0.3) is 10.9 Å². The summed E-state index contributed by atoms with van der Waals surface area (Å²) in [4.78, 5) is 33.4. The van der Waals surface area contributed by atoms with Gasteiger partial charge >= 0.3 is 0 Å². The monoisotopic (exact) mass is 522 g/mol. The second-order valence-electron chi connectivity index (χ2n) is 8.99. The molecule has 190 valence electrons. The van der Waals surface area contributed by atoms with Crippen molar-refractivity contribution in [3.8, 4) is 11.6 Å². The van der Waals surface area contributed by atoms with Crippen molar-refractivity contribution in [1.82, 2.24) is 9.88 Å². The summed E-state index contributed by atoms with van der Waals surface area (Å²) in [6.45, 7) is 0.472. The Hall–Kier alpha value is -3.92. The maximum absolute atomic E-state index is 15.2. The number of benzene rings is 3.